The zero-order valence-electron chi connectivity index (χ0n) is 17.0. The Bertz CT molecular complexity index is 853. The van der Waals surface area contributed by atoms with Crippen molar-refractivity contribution in [2.75, 3.05) is 32.0 Å². The van der Waals surface area contributed by atoms with Gasteiger partial charge >= 0.3 is 0 Å². The number of aromatic nitrogens is 1. The molecule has 6 nitrogen and oxygen atoms in total. The quantitative estimate of drug-likeness (QED) is 0.645. The van der Waals surface area contributed by atoms with Crippen molar-refractivity contribution < 1.29 is 9.53 Å². The van der Waals surface area contributed by atoms with Crippen LogP contribution in [0.5, 0.6) is 0 Å². The van der Waals surface area contributed by atoms with Gasteiger partial charge in [-0.2, -0.15) is 0 Å². The van der Waals surface area contributed by atoms with Crippen LogP contribution in [-0.4, -0.2) is 42.0 Å². The molecule has 2 aliphatic rings. The normalized spacial score (nSPS) is 17.0. The number of hydrogen-bond acceptors (Lipinski definition) is 6. The van der Waals surface area contributed by atoms with Gasteiger partial charge in [0.25, 0.3) is 0 Å². The molecule has 4 N–H and O–H groups in total. The highest BCUT2D eigenvalue weighted by Crippen LogP contribution is 2.46. The number of nitrogen functional groups attached to an aromatic ring is 1. The van der Waals surface area contributed by atoms with Crippen molar-refractivity contribution in [1.82, 2.24) is 9.88 Å². The van der Waals surface area contributed by atoms with Crippen LogP contribution < -0.4 is 11.5 Å². The van der Waals surface area contributed by atoms with Crippen LogP contribution in [0.25, 0.3) is 10.6 Å². The predicted octanol–water partition coefficient (Wildman–Crippen LogP) is 3.76. The number of nitrogens with two attached hydrogens (primary N) is 2. The number of carbonyl (C=O) groups is 1. The molecule has 0 atom stereocenters. The van der Waals surface area contributed by atoms with E-state index in [2.05, 4.69) is 11.1 Å². The van der Waals surface area contributed by atoms with Gasteiger partial charge in [0.1, 0.15) is 5.82 Å². The van der Waals surface area contributed by atoms with E-state index in [9.17, 15) is 4.79 Å². The number of ether oxygens (including phenoxy) is 1. The maximum absolute atomic E-state index is 12.4. The number of thiophene rings is 1. The Morgan fingerprint density at radius 3 is 2.70 bits per heavy atom. The minimum absolute atomic E-state index is 0. The monoisotopic (exact) mass is 472 g/mol. The van der Waals surface area contributed by atoms with Gasteiger partial charge in [0, 0.05) is 30.8 Å². The number of likely N-dealkylation sites (tertiary alicyclic amines) is 1. The van der Waals surface area contributed by atoms with Crippen molar-refractivity contribution in [2.24, 2.45) is 5.73 Å². The first-order valence-corrected chi connectivity index (χ1v) is 10.9. The van der Waals surface area contributed by atoms with Gasteiger partial charge in [-0.15, -0.1) is 36.2 Å². The van der Waals surface area contributed by atoms with Crippen LogP contribution in [0, 0.1) is 0 Å². The Morgan fingerprint density at radius 2 is 2.00 bits per heavy atom. The molecule has 30 heavy (non-hydrogen) atoms. The fourth-order valence-electron chi connectivity index (χ4n) is 4.24. The Kier molecular flexibility index (Phi) is 8.94. The van der Waals surface area contributed by atoms with Gasteiger partial charge in [-0.1, -0.05) is 6.07 Å². The fourth-order valence-corrected chi connectivity index (χ4v) is 5.44. The summed E-state index contributed by atoms with van der Waals surface area (Å²) in [6, 6.07) is 7.99. The summed E-state index contributed by atoms with van der Waals surface area (Å²) in [6.07, 6.45) is 5.02. The number of fused-ring (bicyclic) bond motifs is 2. The van der Waals surface area contributed by atoms with Crippen LogP contribution in [0.15, 0.2) is 24.3 Å². The van der Waals surface area contributed by atoms with Gasteiger partial charge < -0.3 is 21.1 Å². The Labute approximate surface area is 194 Å². The smallest absolute Gasteiger partial charge is 0.222 e. The number of amides is 1. The summed E-state index contributed by atoms with van der Waals surface area (Å²) in [4.78, 5) is 21.4. The molecule has 0 radical (unpaired) electrons. The van der Waals surface area contributed by atoms with Crippen LogP contribution in [0.2, 0.25) is 0 Å². The van der Waals surface area contributed by atoms with E-state index >= 15 is 0 Å². The molecule has 0 bridgehead atoms. The highest BCUT2D eigenvalue weighted by atomic mass is 35.5. The maximum atomic E-state index is 12.4. The summed E-state index contributed by atoms with van der Waals surface area (Å²) in [5, 5.41) is 0. The molecule has 0 unspecified atom stereocenters. The second-order valence-corrected chi connectivity index (χ2v) is 8.75. The second-order valence-electron chi connectivity index (χ2n) is 7.61. The highest BCUT2D eigenvalue weighted by molar-refractivity contribution is 7.15. The average molecular weight is 473 g/mol. The van der Waals surface area contributed by atoms with E-state index in [-0.39, 0.29) is 36.3 Å². The predicted molar refractivity (Wildman–Crippen MR) is 127 cm³/mol. The van der Waals surface area contributed by atoms with E-state index in [0.717, 1.165) is 62.4 Å². The standard InChI is InChI=1S/C21H28N4O2S.2ClH/c22-10-2-1-6-20(26)25-11-8-21(9-12-25)15-14-18(28-17(15)7-13-27-21)16-4-3-5-19(23)24-16;;/h3-5,14H,1-2,6-13,22H2,(H2,23,24);2*1H. The number of anilines is 1. The zero-order valence-corrected chi connectivity index (χ0v) is 19.4. The molecule has 4 heterocycles. The van der Waals surface area contributed by atoms with Crippen LogP contribution >= 0.6 is 36.2 Å². The SMILES string of the molecule is Cl.Cl.NCCCCC(=O)N1CCC2(CC1)OCCc1sc(-c3cccc(N)n3)cc12. The van der Waals surface area contributed by atoms with Gasteiger partial charge in [-0.3, -0.25) is 4.79 Å². The zero-order chi connectivity index (χ0) is 19.6. The molecule has 1 amide bonds. The van der Waals surface area contributed by atoms with Gasteiger partial charge in [0.05, 0.1) is 22.8 Å². The molecule has 2 aliphatic heterocycles. The third-order valence-electron chi connectivity index (χ3n) is 5.80. The third-order valence-corrected chi connectivity index (χ3v) is 7.02. The third kappa shape index (κ3) is 5.08. The van der Waals surface area contributed by atoms with Crippen molar-refractivity contribution in [3.05, 3.63) is 34.7 Å². The summed E-state index contributed by atoms with van der Waals surface area (Å²) in [5.74, 6) is 0.783. The van der Waals surface area contributed by atoms with Crippen molar-refractivity contribution in [3.63, 3.8) is 0 Å². The molecular weight excluding hydrogens is 443 g/mol. The van der Waals surface area contributed by atoms with Crippen molar-refractivity contribution in [2.45, 2.75) is 44.1 Å². The van der Waals surface area contributed by atoms with Gasteiger partial charge in [0.15, 0.2) is 0 Å². The number of nitrogens with zero attached hydrogens (tertiary/aromatic N) is 2. The molecule has 1 fully saturated rings. The number of halogens is 2. The fraction of sp³-hybridized carbons (Fsp3) is 0.524. The molecule has 0 aliphatic carbocycles. The Morgan fingerprint density at radius 1 is 1.23 bits per heavy atom. The van der Waals surface area contributed by atoms with Gasteiger partial charge in [-0.25, -0.2) is 4.98 Å². The van der Waals surface area contributed by atoms with E-state index < -0.39 is 0 Å². The molecular formula is C21H30Cl2N4O2S. The summed E-state index contributed by atoms with van der Waals surface area (Å²) in [6.45, 7) is 2.89. The Hall–Kier alpha value is -1.38. The molecule has 4 rings (SSSR count). The lowest BCUT2D eigenvalue weighted by molar-refractivity contribution is -0.140. The molecule has 2 aromatic heterocycles. The molecule has 1 spiro atoms. The first-order valence-electron chi connectivity index (χ1n) is 10.1. The van der Waals surface area contributed by atoms with Crippen LogP contribution in [0.4, 0.5) is 5.82 Å². The van der Waals surface area contributed by atoms with E-state index in [1.165, 1.54) is 10.4 Å². The minimum atomic E-state index is -0.267. The van der Waals surface area contributed by atoms with Crippen LogP contribution in [0.3, 0.4) is 0 Å². The lowest BCUT2D eigenvalue weighted by Gasteiger charge is -2.44. The number of pyridine rings is 1. The topological polar surface area (TPSA) is 94.5 Å². The summed E-state index contributed by atoms with van der Waals surface area (Å²) in [7, 11) is 0. The lowest BCUT2D eigenvalue weighted by Crippen LogP contribution is -2.48. The lowest BCUT2D eigenvalue weighted by atomic mass is 9.82. The van der Waals surface area contributed by atoms with Crippen molar-refractivity contribution in [1.29, 1.82) is 0 Å². The Balaban J connectivity index is 0.00000160. The number of unbranched alkanes of at least 4 members (excludes halogenated alkanes) is 1. The number of rotatable bonds is 5. The van der Waals surface area contributed by atoms with E-state index in [1.54, 1.807) is 11.3 Å². The molecule has 9 heteroatoms. The highest BCUT2D eigenvalue weighted by Gasteiger charge is 2.42. The largest absolute Gasteiger partial charge is 0.384 e. The van der Waals surface area contributed by atoms with E-state index in [4.69, 9.17) is 16.2 Å². The molecule has 166 valence electrons. The van der Waals surface area contributed by atoms with Gasteiger partial charge in [0.2, 0.25) is 5.91 Å². The average Bonchev–Trinajstić information content (AvgIpc) is 3.15. The van der Waals surface area contributed by atoms with Crippen molar-refractivity contribution >= 4 is 47.9 Å². The summed E-state index contributed by atoms with van der Waals surface area (Å²) < 4.78 is 6.34. The van der Waals surface area contributed by atoms with E-state index in [1.807, 2.05) is 23.1 Å². The number of hydrogen-bond donors (Lipinski definition) is 2. The van der Waals surface area contributed by atoms with Crippen LogP contribution in [-0.2, 0) is 21.6 Å². The molecule has 0 aromatic carbocycles. The molecule has 2 aromatic rings. The number of piperidine rings is 1. The van der Waals surface area contributed by atoms with E-state index in [0.29, 0.717) is 18.8 Å². The first kappa shape index (κ1) is 24.9. The van der Waals surface area contributed by atoms with Crippen LogP contribution in [0.1, 0.15) is 42.5 Å². The van der Waals surface area contributed by atoms with Crippen molar-refractivity contribution in [3.8, 4) is 10.6 Å². The summed E-state index contributed by atoms with van der Waals surface area (Å²) >= 11 is 1.79. The first-order chi connectivity index (χ1) is 13.6. The molecule has 0 saturated carbocycles. The van der Waals surface area contributed by atoms with Gasteiger partial charge in [-0.05, 0) is 56.0 Å². The summed E-state index contributed by atoms with van der Waals surface area (Å²) in [5.41, 5.74) is 13.3. The minimum Gasteiger partial charge on any atom is -0.384 e. The molecule has 1 saturated heterocycles. The maximum Gasteiger partial charge on any atom is 0.222 e. The number of carbonyl (C=O) groups excluding carboxylic acids is 1. The second kappa shape index (κ2) is 10.8.